The minimum atomic E-state index is 0.252. The van der Waals surface area contributed by atoms with Crippen molar-refractivity contribution in [2.45, 2.75) is 38.2 Å². The number of hydrogen-bond donors (Lipinski definition) is 1. The van der Waals surface area contributed by atoms with Gasteiger partial charge in [0, 0.05) is 12.1 Å². The zero-order chi connectivity index (χ0) is 14.1. The van der Waals surface area contributed by atoms with Gasteiger partial charge in [0.2, 0.25) is 0 Å². The molecule has 1 atom stereocenters. The first-order valence-electron chi connectivity index (χ1n) is 7.99. The molecule has 0 aromatic heterocycles. The standard InChI is InChI=1S/C19H21NO/c1-3-9-17-14(6-1)8-5-10-18(17)20-13-16-12-15-7-2-4-11-19(15)21-16/h2,4-5,7-8,10-11,16,20H,1,3,6,9,12-13H2. The van der Waals surface area contributed by atoms with E-state index in [4.69, 9.17) is 4.74 Å². The Labute approximate surface area is 126 Å². The molecule has 0 spiro atoms. The summed E-state index contributed by atoms with van der Waals surface area (Å²) in [5.41, 5.74) is 5.70. The van der Waals surface area contributed by atoms with E-state index in [1.165, 1.54) is 48.1 Å². The van der Waals surface area contributed by atoms with E-state index >= 15 is 0 Å². The summed E-state index contributed by atoms with van der Waals surface area (Å²) in [5, 5.41) is 3.62. The third-order valence-electron chi connectivity index (χ3n) is 4.63. The van der Waals surface area contributed by atoms with Crippen molar-refractivity contribution in [3.8, 4) is 5.75 Å². The Kier molecular flexibility index (Phi) is 3.30. The van der Waals surface area contributed by atoms with E-state index in [-0.39, 0.29) is 6.10 Å². The van der Waals surface area contributed by atoms with Crippen LogP contribution < -0.4 is 10.1 Å². The van der Waals surface area contributed by atoms with Crippen LogP contribution in [0.5, 0.6) is 5.75 Å². The second-order valence-electron chi connectivity index (χ2n) is 6.08. The zero-order valence-electron chi connectivity index (χ0n) is 12.3. The number of anilines is 1. The van der Waals surface area contributed by atoms with Crippen molar-refractivity contribution in [1.29, 1.82) is 0 Å². The largest absolute Gasteiger partial charge is 0.488 e. The molecule has 2 aliphatic rings. The summed E-state index contributed by atoms with van der Waals surface area (Å²) in [5.74, 6) is 1.05. The zero-order valence-corrected chi connectivity index (χ0v) is 12.3. The van der Waals surface area contributed by atoms with Gasteiger partial charge < -0.3 is 10.1 Å². The topological polar surface area (TPSA) is 21.3 Å². The number of aryl methyl sites for hydroxylation is 1. The molecule has 2 nitrogen and oxygen atoms in total. The van der Waals surface area contributed by atoms with E-state index in [2.05, 4.69) is 41.7 Å². The van der Waals surface area contributed by atoms with Crippen LogP contribution in [0.1, 0.15) is 29.5 Å². The van der Waals surface area contributed by atoms with Gasteiger partial charge in [0.25, 0.3) is 0 Å². The maximum Gasteiger partial charge on any atom is 0.123 e. The number of fused-ring (bicyclic) bond motifs is 2. The molecular weight excluding hydrogens is 258 g/mol. The molecule has 0 radical (unpaired) electrons. The highest BCUT2D eigenvalue weighted by Gasteiger charge is 2.22. The van der Waals surface area contributed by atoms with Crippen LogP contribution in [0, 0.1) is 0 Å². The molecular formula is C19H21NO. The summed E-state index contributed by atoms with van der Waals surface area (Å²) in [7, 11) is 0. The molecule has 1 aliphatic carbocycles. The van der Waals surface area contributed by atoms with Gasteiger partial charge in [-0.05, 0) is 54.5 Å². The van der Waals surface area contributed by atoms with Crippen LogP contribution in [0.3, 0.4) is 0 Å². The van der Waals surface area contributed by atoms with Gasteiger partial charge in [-0.25, -0.2) is 0 Å². The quantitative estimate of drug-likeness (QED) is 0.917. The molecule has 2 aromatic rings. The average Bonchev–Trinajstić information content (AvgIpc) is 2.96. The van der Waals surface area contributed by atoms with Gasteiger partial charge in [-0.1, -0.05) is 30.3 Å². The van der Waals surface area contributed by atoms with Crippen LogP contribution in [-0.2, 0) is 19.3 Å². The number of para-hydroxylation sites is 1. The maximum absolute atomic E-state index is 6.01. The fourth-order valence-electron chi connectivity index (χ4n) is 3.54. The molecule has 0 fully saturated rings. The Balaban J connectivity index is 1.44. The third kappa shape index (κ3) is 2.51. The molecule has 1 aliphatic heterocycles. The van der Waals surface area contributed by atoms with E-state index in [9.17, 15) is 0 Å². The smallest absolute Gasteiger partial charge is 0.123 e. The second-order valence-corrected chi connectivity index (χ2v) is 6.08. The summed E-state index contributed by atoms with van der Waals surface area (Å²) in [6, 6.07) is 15.0. The number of benzene rings is 2. The molecule has 0 saturated carbocycles. The second kappa shape index (κ2) is 5.44. The molecule has 0 bridgehead atoms. The summed E-state index contributed by atoms with van der Waals surface area (Å²) < 4.78 is 6.01. The van der Waals surface area contributed by atoms with Gasteiger partial charge in [0.1, 0.15) is 11.9 Å². The molecule has 1 heterocycles. The van der Waals surface area contributed by atoms with Gasteiger partial charge in [-0.15, -0.1) is 0 Å². The molecule has 2 aromatic carbocycles. The van der Waals surface area contributed by atoms with Crippen molar-refractivity contribution >= 4 is 5.69 Å². The predicted octanol–water partition coefficient (Wildman–Crippen LogP) is 3.98. The summed E-state index contributed by atoms with van der Waals surface area (Å²) >= 11 is 0. The van der Waals surface area contributed by atoms with Gasteiger partial charge in [-0.2, -0.15) is 0 Å². The SMILES string of the molecule is c1ccc2c(c1)CC(CNc1cccc3c1CCCC3)O2. The third-order valence-corrected chi connectivity index (χ3v) is 4.63. The maximum atomic E-state index is 6.01. The summed E-state index contributed by atoms with van der Waals surface area (Å²) in [4.78, 5) is 0. The number of nitrogens with one attached hydrogen (secondary N) is 1. The lowest BCUT2D eigenvalue weighted by Crippen LogP contribution is -2.24. The van der Waals surface area contributed by atoms with E-state index in [1.54, 1.807) is 0 Å². The van der Waals surface area contributed by atoms with Crippen LogP contribution in [0.25, 0.3) is 0 Å². The van der Waals surface area contributed by atoms with Gasteiger partial charge in [0.15, 0.2) is 0 Å². The van der Waals surface area contributed by atoms with Crippen molar-refractivity contribution in [2.75, 3.05) is 11.9 Å². The highest BCUT2D eigenvalue weighted by atomic mass is 16.5. The molecule has 4 rings (SSSR count). The molecule has 21 heavy (non-hydrogen) atoms. The number of hydrogen-bond acceptors (Lipinski definition) is 2. The van der Waals surface area contributed by atoms with E-state index < -0.39 is 0 Å². The van der Waals surface area contributed by atoms with Crippen LogP contribution in [0.4, 0.5) is 5.69 Å². The Bertz CT molecular complexity index is 625. The summed E-state index contributed by atoms with van der Waals surface area (Å²) in [6.45, 7) is 0.880. The van der Waals surface area contributed by atoms with Gasteiger partial charge in [0.05, 0.1) is 6.54 Å². The van der Waals surface area contributed by atoms with Crippen LogP contribution in [-0.4, -0.2) is 12.6 Å². The predicted molar refractivity (Wildman–Crippen MR) is 86.1 cm³/mol. The molecule has 1 N–H and O–H groups in total. The fourth-order valence-corrected chi connectivity index (χ4v) is 3.54. The van der Waals surface area contributed by atoms with Crippen molar-refractivity contribution in [3.05, 3.63) is 59.2 Å². The highest BCUT2D eigenvalue weighted by Crippen LogP contribution is 2.30. The first kappa shape index (κ1) is 12.8. The van der Waals surface area contributed by atoms with Crippen molar-refractivity contribution in [2.24, 2.45) is 0 Å². The van der Waals surface area contributed by atoms with Crippen LogP contribution in [0.15, 0.2) is 42.5 Å². The van der Waals surface area contributed by atoms with E-state index in [1.807, 2.05) is 6.07 Å². The van der Waals surface area contributed by atoms with E-state index in [0.29, 0.717) is 0 Å². The van der Waals surface area contributed by atoms with Crippen molar-refractivity contribution in [3.63, 3.8) is 0 Å². The van der Waals surface area contributed by atoms with E-state index in [0.717, 1.165) is 18.7 Å². The molecule has 108 valence electrons. The molecule has 1 unspecified atom stereocenters. The Morgan fingerprint density at radius 1 is 0.952 bits per heavy atom. The lowest BCUT2D eigenvalue weighted by atomic mass is 9.90. The van der Waals surface area contributed by atoms with Gasteiger partial charge in [-0.3, -0.25) is 0 Å². The Morgan fingerprint density at radius 2 is 1.81 bits per heavy atom. The first-order chi connectivity index (χ1) is 10.4. The lowest BCUT2D eigenvalue weighted by Gasteiger charge is -2.21. The van der Waals surface area contributed by atoms with Gasteiger partial charge >= 0.3 is 0 Å². The molecule has 0 amide bonds. The average molecular weight is 279 g/mol. The van der Waals surface area contributed by atoms with Crippen LogP contribution >= 0.6 is 0 Å². The van der Waals surface area contributed by atoms with Crippen molar-refractivity contribution < 1.29 is 4.74 Å². The highest BCUT2D eigenvalue weighted by molar-refractivity contribution is 5.56. The summed E-state index contributed by atoms with van der Waals surface area (Å²) in [6.07, 6.45) is 6.36. The lowest BCUT2D eigenvalue weighted by molar-refractivity contribution is 0.246. The molecule has 2 heteroatoms. The molecule has 0 saturated heterocycles. The van der Waals surface area contributed by atoms with Crippen molar-refractivity contribution in [1.82, 2.24) is 0 Å². The minimum Gasteiger partial charge on any atom is -0.488 e. The fraction of sp³-hybridized carbons (Fsp3) is 0.368. The number of ether oxygens (including phenoxy) is 1. The normalized spacial score (nSPS) is 19.5. The minimum absolute atomic E-state index is 0.252. The van der Waals surface area contributed by atoms with Crippen LogP contribution in [0.2, 0.25) is 0 Å². The Morgan fingerprint density at radius 3 is 2.76 bits per heavy atom. The Hall–Kier alpha value is -1.96. The first-order valence-corrected chi connectivity index (χ1v) is 7.99. The monoisotopic (exact) mass is 279 g/mol. The number of rotatable bonds is 3.